The Morgan fingerprint density at radius 3 is 2.35 bits per heavy atom. The molecule has 7 heteroatoms. The molecule has 0 aliphatic rings. The molecule has 0 spiro atoms. The van der Waals surface area contributed by atoms with Crippen molar-refractivity contribution in [2.24, 2.45) is 0 Å². The van der Waals surface area contributed by atoms with E-state index in [0.29, 0.717) is 5.69 Å². The zero-order valence-electron chi connectivity index (χ0n) is 11.8. The third kappa shape index (κ3) is 4.05. The van der Waals surface area contributed by atoms with Crippen molar-refractivity contribution in [2.75, 3.05) is 10.6 Å². The number of rotatable bonds is 4. The smallest absolute Gasteiger partial charge is 0.260 e. The van der Waals surface area contributed by atoms with Gasteiger partial charge in [0.15, 0.2) is 0 Å². The maximum atomic E-state index is 13.8. The number of anilines is 2. The molecule has 0 bridgehead atoms. The summed E-state index contributed by atoms with van der Waals surface area (Å²) in [5, 5.41) is 13.5. The van der Waals surface area contributed by atoms with Crippen LogP contribution in [0.15, 0.2) is 42.5 Å². The molecule has 0 heterocycles. The van der Waals surface area contributed by atoms with Crippen LogP contribution in [-0.4, -0.2) is 11.8 Å². The summed E-state index contributed by atoms with van der Waals surface area (Å²) in [4.78, 5) is 23.7. The van der Waals surface area contributed by atoms with E-state index in [0.717, 1.165) is 6.07 Å². The van der Waals surface area contributed by atoms with Crippen LogP contribution in [0.25, 0.3) is 0 Å². The van der Waals surface area contributed by atoms with Crippen molar-refractivity contribution in [1.82, 2.24) is 0 Å². The van der Waals surface area contributed by atoms with Crippen molar-refractivity contribution >= 4 is 34.8 Å². The molecule has 0 unspecified atom stereocenters. The van der Waals surface area contributed by atoms with Gasteiger partial charge in [0.1, 0.15) is 12.2 Å². The molecule has 2 N–H and O–H groups in total. The Morgan fingerprint density at radius 2 is 1.74 bits per heavy atom. The number of benzene rings is 2. The molecule has 116 valence electrons. The summed E-state index contributed by atoms with van der Waals surface area (Å²) in [6.07, 6.45) is -0.318. The summed E-state index contributed by atoms with van der Waals surface area (Å²) < 4.78 is 13.8. The first-order valence-corrected chi connectivity index (χ1v) is 6.92. The van der Waals surface area contributed by atoms with Crippen molar-refractivity contribution in [3.63, 3.8) is 0 Å². The molecular weight excluding hydrogens is 321 g/mol. The minimum Gasteiger partial charge on any atom is -0.323 e. The van der Waals surface area contributed by atoms with Gasteiger partial charge < -0.3 is 10.6 Å². The second kappa shape index (κ2) is 7.38. The fourth-order valence-corrected chi connectivity index (χ4v) is 2.12. The quantitative estimate of drug-likeness (QED) is 0.898. The minimum absolute atomic E-state index is 0.0199. The van der Waals surface area contributed by atoms with Crippen LogP contribution in [0.3, 0.4) is 0 Å². The fourth-order valence-electron chi connectivity index (χ4n) is 1.87. The number of carbonyl (C=O) groups is 2. The number of hydrogen-bond acceptors (Lipinski definition) is 3. The highest BCUT2D eigenvalue weighted by molar-refractivity contribution is 6.34. The molecule has 0 aliphatic carbocycles. The zero-order valence-corrected chi connectivity index (χ0v) is 12.5. The normalized spacial score (nSPS) is 9.78. The molecule has 0 saturated carbocycles. The molecule has 0 aromatic heterocycles. The molecule has 2 rings (SSSR count). The number of nitrogens with one attached hydrogen (secondary N) is 2. The zero-order chi connectivity index (χ0) is 16.8. The third-order valence-electron chi connectivity index (χ3n) is 2.88. The van der Waals surface area contributed by atoms with Crippen LogP contribution in [0.5, 0.6) is 0 Å². The van der Waals surface area contributed by atoms with Crippen LogP contribution in [0.4, 0.5) is 15.8 Å². The topological polar surface area (TPSA) is 82.0 Å². The number of amides is 2. The largest absolute Gasteiger partial charge is 0.323 e. The minimum atomic E-state index is -0.749. The number of carbonyl (C=O) groups excluding carboxylic acids is 2. The summed E-state index contributed by atoms with van der Waals surface area (Å²) in [5.41, 5.74) is 0.281. The molecule has 23 heavy (non-hydrogen) atoms. The number of nitrogens with zero attached hydrogens (tertiary/aromatic N) is 1. The second-order valence-electron chi connectivity index (χ2n) is 4.48. The number of nitriles is 1. The monoisotopic (exact) mass is 331 g/mol. The summed E-state index contributed by atoms with van der Waals surface area (Å²) in [5.74, 6) is -2.01. The van der Waals surface area contributed by atoms with Gasteiger partial charge in [-0.1, -0.05) is 29.8 Å². The first-order chi connectivity index (χ1) is 11.0. The summed E-state index contributed by atoms with van der Waals surface area (Å²) in [7, 11) is 0. The van der Waals surface area contributed by atoms with Gasteiger partial charge in [-0.2, -0.15) is 5.26 Å². The SMILES string of the molecule is N#CCC(=O)Nc1ccccc1NC(=O)c1c(F)cccc1Cl. The molecule has 5 nitrogen and oxygen atoms in total. The Kier molecular flexibility index (Phi) is 5.28. The van der Waals surface area contributed by atoms with Crippen LogP contribution < -0.4 is 10.6 Å². The molecule has 0 atom stereocenters. The van der Waals surface area contributed by atoms with Crippen molar-refractivity contribution in [3.8, 4) is 6.07 Å². The third-order valence-corrected chi connectivity index (χ3v) is 3.19. The van der Waals surface area contributed by atoms with E-state index in [1.165, 1.54) is 18.2 Å². The van der Waals surface area contributed by atoms with Gasteiger partial charge in [0.25, 0.3) is 5.91 Å². The van der Waals surface area contributed by atoms with Crippen LogP contribution in [-0.2, 0) is 4.79 Å². The van der Waals surface area contributed by atoms with E-state index in [-0.39, 0.29) is 22.7 Å². The summed E-state index contributed by atoms with van der Waals surface area (Å²) in [6.45, 7) is 0. The van der Waals surface area contributed by atoms with E-state index in [9.17, 15) is 14.0 Å². The Labute approximate surface area is 136 Å². The van der Waals surface area contributed by atoms with E-state index in [1.54, 1.807) is 24.3 Å². The molecule has 0 aliphatic heterocycles. The molecule has 0 radical (unpaired) electrons. The van der Waals surface area contributed by atoms with Crippen LogP contribution in [0.1, 0.15) is 16.8 Å². The van der Waals surface area contributed by atoms with Crippen molar-refractivity contribution in [1.29, 1.82) is 5.26 Å². The highest BCUT2D eigenvalue weighted by Gasteiger charge is 2.17. The molecule has 0 saturated heterocycles. The summed E-state index contributed by atoms with van der Waals surface area (Å²) >= 11 is 5.85. The first-order valence-electron chi connectivity index (χ1n) is 6.54. The molecule has 2 aromatic rings. The fraction of sp³-hybridized carbons (Fsp3) is 0.0625. The molecular formula is C16H11ClFN3O2. The van der Waals surface area contributed by atoms with Crippen molar-refractivity contribution in [3.05, 3.63) is 58.9 Å². The molecule has 0 fully saturated rings. The average Bonchev–Trinajstić information content (AvgIpc) is 2.49. The summed E-state index contributed by atoms with van der Waals surface area (Å²) in [6, 6.07) is 12.0. The predicted octanol–water partition coefficient (Wildman–Crippen LogP) is 3.58. The Hall–Kier alpha value is -2.91. The second-order valence-corrected chi connectivity index (χ2v) is 4.89. The molecule has 2 aromatic carbocycles. The lowest BCUT2D eigenvalue weighted by Crippen LogP contribution is -2.17. The lowest BCUT2D eigenvalue weighted by molar-refractivity contribution is -0.115. The van der Waals surface area contributed by atoms with E-state index >= 15 is 0 Å². The maximum absolute atomic E-state index is 13.8. The van der Waals surface area contributed by atoms with Gasteiger partial charge in [0.2, 0.25) is 5.91 Å². The highest BCUT2D eigenvalue weighted by Crippen LogP contribution is 2.24. The number of para-hydroxylation sites is 2. The Morgan fingerprint density at radius 1 is 1.09 bits per heavy atom. The van der Waals surface area contributed by atoms with Crippen LogP contribution >= 0.6 is 11.6 Å². The van der Waals surface area contributed by atoms with Gasteiger partial charge in [-0.3, -0.25) is 9.59 Å². The maximum Gasteiger partial charge on any atom is 0.260 e. The molecule has 2 amide bonds. The highest BCUT2D eigenvalue weighted by atomic mass is 35.5. The van der Waals surface area contributed by atoms with Gasteiger partial charge >= 0.3 is 0 Å². The van der Waals surface area contributed by atoms with Gasteiger partial charge in [-0.15, -0.1) is 0 Å². The van der Waals surface area contributed by atoms with E-state index in [1.807, 2.05) is 0 Å². The van der Waals surface area contributed by atoms with Crippen LogP contribution in [0.2, 0.25) is 5.02 Å². The van der Waals surface area contributed by atoms with Gasteiger partial charge in [-0.05, 0) is 24.3 Å². The van der Waals surface area contributed by atoms with E-state index < -0.39 is 17.6 Å². The van der Waals surface area contributed by atoms with E-state index in [2.05, 4.69) is 10.6 Å². The predicted molar refractivity (Wildman–Crippen MR) is 84.7 cm³/mol. The van der Waals surface area contributed by atoms with Crippen molar-refractivity contribution < 1.29 is 14.0 Å². The van der Waals surface area contributed by atoms with Crippen molar-refractivity contribution in [2.45, 2.75) is 6.42 Å². The van der Waals surface area contributed by atoms with Gasteiger partial charge in [-0.25, -0.2) is 4.39 Å². The van der Waals surface area contributed by atoms with Gasteiger partial charge in [0, 0.05) is 0 Å². The standard InChI is InChI=1S/C16H11ClFN3O2/c17-10-4-3-5-11(18)15(10)16(23)21-13-7-2-1-6-12(13)20-14(22)8-9-19/h1-7H,8H2,(H,20,22)(H,21,23). The van der Waals surface area contributed by atoms with Crippen LogP contribution in [0, 0.1) is 17.1 Å². The average molecular weight is 332 g/mol. The van der Waals surface area contributed by atoms with Gasteiger partial charge in [0.05, 0.1) is 28.0 Å². The lowest BCUT2D eigenvalue weighted by atomic mass is 10.2. The Bertz CT molecular complexity index is 782. The first kappa shape index (κ1) is 16.5. The Balaban J connectivity index is 2.25. The number of halogens is 2. The van der Waals surface area contributed by atoms with E-state index in [4.69, 9.17) is 16.9 Å². The number of hydrogen-bond donors (Lipinski definition) is 2. The lowest BCUT2D eigenvalue weighted by Gasteiger charge is -2.12.